The first-order chi connectivity index (χ1) is 22.8. The summed E-state index contributed by atoms with van der Waals surface area (Å²) < 4.78 is 31.7. The Morgan fingerprint density at radius 2 is 1.60 bits per heavy atom. The van der Waals surface area contributed by atoms with Gasteiger partial charge in [-0.3, -0.25) is 14.3 Å². The lowest BCUT2D eigenvalue weighted by atomic mass is 9.80. The summed E-state index contributed by atoms with van der Waals surface area (Å²) in [5, 5.41) is 11.7. The fourth-order valence-corrected chi connectivity index (χ4v) is 6.44. The fraction of sp³-hybridized carbons (Fsp3) is 0.324. The molecule has 5 rings (SSSR count). The van der Waals surface area contributed by atoms with Crippen LogP contribution in [0.3, 0.4) is 0 Å². The summed E-state index contributed by atoms with van der Waals surface area (Å²) >= 11 is 0. The average Bonchev–Trinajstić information content (AvgIpc) is 3.49. The van der Waals surface area contributed by atoms with Crippen molar-refractivity contribution in [1.29, 1.82) is 5.26 Å². The molecule has 0 spiro atoms. The molecule has 0 bridgehead atoms. The lowest BCUT2D eigenvalue weighted by molar-refractivity contribution is -0.0916. The maximum atomic E-state index is 12.8. The van der Waals surface area contributed by atoms with Crippen molar-refractivity contribution in [1.82, 2.24) is 14.6 Å². The molecular weight excluding hydrogens is 623 g/mol. The van der Waals surface area contributed by atoms with Gasteiger partial charge in [-0.1, -0.05) is 54.6 Å². The largest absolute Gasteiger partial charge is 0.497 e. The van der Waals surface area contributed by atoms with Gasteiger partial charge in [0.1, 0.15) is 29.4 Å². The van der Waals surface area contributed by atoms with Crippen LogP contribution in [0.25, 0.3) is 0 Å². The van der Waals surface area contributed by atoms with E-state index in [-0.39, 0.29) is 26.0 Å². The number of H-pyrrole nitrogens is 1. The van der Waals surface area contributed by atoms with Gasteiger partial charge in [0.2, 0.25) is 0 Å². The third kappa shape index (κ3) is 7.63. The number of hydrogen-bond acceptors (Lipinski definition) is 10. The number of benzene rings is 3. The van der Waals surface area contributed by atoms with Crippen molar-refractivity contribution < 1.29 is 28.4 Å². The van der Waals surface area contributed by atoms with E-state index in [1.54, 1.807) is 21.1 Å². The Balaban J connectivity index is 1.55. The van der Waals surface area contributed by atoms with Crippen molar-refractivity contribution in [2.75, 3.05) is 27.4 Å². The topological polar surface area (TPSA) is 157 Å². The second kappa shape index (κ2) is 15.5. The molecule has 3 N–H and O–H groups in total. The summed E-state index contributed by atoms with van der Waals surface area (Å²) in [6.45, 7) is 1.82. The van der Waals surface area contributed by atoms with Crippen molar-refractivity contribution >= 4 is 8.53 Å². The summed E-state index contributed by atoms with van der Waals surface area (Å²) in [6, 6.07) is 27.0. The van der Waals surface area contributed by atoms with Gasteiger partial charge in [0.15, 0.2) is 0 Å². The van der Waals surface area contributed by atoms with Crippen LogP contribution in [0.1, 0.15) is 41.3 Å². The molecule has 1 aromatic heterocycles. The molecule has 4 aromatic rings. The van der Waals surface area contributed by atoms with Crippen molar-refractivity contribution in [3.05, 3.63) is 128 Å². The highest BCUT2D eigenvalue weighted by atomic mass is 31.2. The van der Waals surface area contributed by atoms with Crippen LogP contribution in [-0.2, 0) is 19.6 Å². The van der Waals surface area contributed by atoms with Gasteiger partial charge >= 0.3 is 5.69 Å². The van der Waals surface area contributed by atoms with Gasteiger partial charge < -0.3 is 28.4 Å². The molecule has 0 amide bonds. The van der Waals surface area contributed by atoms with E-state index in [2.05, 4.69) is 10.1 Å². The maximum Gasteiger partial charge on any atom is 0.330 e. The zero-order chi connectivity index (χ0) is 33.4. The fourth-order valence-electron chi connectivity index (χ4n) is 5.59. The van der Waals surface area contributed by atoms with Gasteiger partial charge in [-0.15, -0.1) is 0 Å². The second-order valence-electron chi connectivity index (χ2n) is 10.9. The summed E-state index contributed by atoms with van der Waals surface area (Å²) in [7, 11) is 1.08. The zero-order valence-corrected chi connectivity index (χ0v) is 27.2. The number of methoxy groups -OCH3 is 2. The molecule has 1 aliphatic rings. The Morgan fingerprint density at radius 3 is 2.17 bits per heavy atom. The second-order valence-corrected chi connectivity index (χ2v) is 12.0. The third-order valence-corrected chi connectivity index (χ3v) is 8.96. The van der Waals surface area contributed by atoms with Crippen molar-refractivity contribution in [2.45, 2.75) is 43.8 Å². The molecule has 12 nitrogen and oxygen atoms in total. The number of ether oxygens (including phenoxy) is 4. The minimum atomic E-state index is -2.13. The van der Waals surface area contributed by atoms with Crippen LogP contribution in [0.2, 0.25) is 0 Å². The molecule has 246 valence electrons. The molecule has 3 aromatic carbocycles. The molecule has 13 heteroatoms. The van der Waals surface area contributed by atoms with Gasteiger partial charge in [-0.25, -0.2) is 9.88 Å². The van der Waals surface area contributed by atoms with Crippen LogP contribution < -0.4 is 25.8 Å². The van der Waals surface area contributed by atoms with E-state index < -0.39 is 43.8 Å². The van der Waals surface area contributed by atoms with Crippen LogP contribution in [0.4, 0.5) is 0 Å². The standard InChI is InChI=1S/C34H37N4O8P/c1-23-21-38(33(40)37-32(23)39)31-20-29(46-47(41)36-19-7-18-35)30(45-31)22-44-34(24-8-5-4-6-9-24,25-10-14-27(42-2)15-11-25)26-12-16-28(43-3)17-13-26/h4-6,8-17,21,29-31,36,41H,7,19-20,22H2,1-3H3,(H,37,39,40)/t29-,30+,31+,47?/m0/s1. The minimum Gasteiger partial charge on any atom is -0.497 e. The summed E-state index contributed by atoms with van der Waals surface area (Å²) in [5.74, 6) is 1.37. The van der Waals surface area contributed by atoms with Crippen LogP contribution in [0, 0.1) is 18.3 Å². The van der Waals surface area contributed by atoms with E-state index in [9.17, 15) is 14.5 Å². The third-order valence-electron chi connectivity index (χ3n) is 7.99. The van der Waals surface area contributed by atoms with Crippen LogP contribution in [0.15, 0.2) is 94.6 Å². The highest BCUT2D eigenvalue weighted by Gasteiger charge is 2.44. The number of nitrogens with one attached hydrogen (secondary N) is 2. The predicted octanol–water partition coefficient (Wildman–Crippen LogP) is 4.27. The molecule has 47 heavy (non-hydrogen) atoms. The SMILES string of the molecule is COc1ccc(C(OC[C@H]2O[C@@H](n3cc(C)c(=O)[nH]c3=O)C[C@@H]2OP(O)NCCC#N)(c2ccccc2)c2ccc(OC)cc2)cc1. The summed E-state index contributed by atoms with van der Waals surface area (Å²) in [5.41, 5.74) is 0.566. The number of aromatic nitrogens is 2. The first kappa shape index (κ1) is 34.0. The van der Waals surface area contributed by atoms with E-state index in [4.69, 9.17) is 28.7 Å². The van der Waals surface area contributed by atoms with Crippen LogP contribution in [0.5, 0.6) is 11.5 Å². The number of hydrogen-bond donors (Lipinski definition) is 3. The Labute approximate surface area is 273 Å². The first-order valence-corrected chi connectivity index (χ1v) is 16.2. The molecule has 0 radical (unpaired) electrons. The first-order valence-electron chi connectivity index (χ1n) is 15.0. The lowest BCUT2D eigenvalue weighted by Gasteiger charge is -2.37. The number of aromatic amines is 1. The zero-order valence-electron chi connectivity index (χ0n) is 26.3. The molecule has 1 saturated heterocycles. The number of nitriles is 1. The van der Waals surface area contributed by atoms with Gasteiger partial charge in [-0.05, 0) is 47.9 Å². The normalized spacial score (nSPS) is 18.4. The van der Waals surface area contributed by atoms with E-state index >= 15 is 0 Å². The monoisotopic (exact) mass is 660 g/mol. The van der Waals surface area contributed by atoms with Crippen LogP contribution in [-0.4, -0.2) is 54.0 Å². The highest BCUT2D eigenvalue weighted by molar-refractivity contribution is 7.43. The minimum absolute atomic E-state index is 0.0213. The Morgan fingerprint density at radius 1 is 1.00 bits per heavy atom. The number of aryl methyl sites for hydroxylation is 1. The predicted molar refractivity (Wildman–Crippen MR) is 175 cm³/mol. The van der Waals surface area contributed by atoms with Gasteiger partial charge in [0.25, 0.3) is 14.1 Å². The summed E-state index contributed by atoms with van der Waals surface area (Å²) in [4.78, 5) is 37.9. The molecule has 2 heterocycles. The molecule has 1 unspecified atom stereocenters. The molecule has 0 saturated carbocycles. The van der Waals surface area contributed by atoms with Gasteiger partial charge in [0, 0.05) is 31.1 Å². The summed E-state index contributed by atoms with van der Waals surface area (Å²) in [6.07, 6.45) is -0.468. The highest BCUT2D eigenvalue weighted by Crippen LogP contribution is 2.44. The molecule has 0 aliphatic carbocycles. The Hall–Kier alpha value is -4.34. The van der Waals surface area contributed by atoms with Crippen molar-refractivity contribution in [2.24, 2.45) is 0 Å². The van der Waals surface area contributed by atoms with Gasteiger partial charge in [0.05, 0.1) is 33.0 Å². The van der Waals surface area contributed by atoms with Gasteiger partial charge in [-0.2, -0.15) is 5.26 Å². The maximum absolute atomic E-state index is 12.8. The van der Waals surface area contributed by atoms with E-state index in [1.165, 1.54) is 10.8 Å². The number of rotatable bonds is 14. The smallest absolute Gasteiger partial charge is 0.330 e. The number of nitrogens with zero attached hydrogens (tertiary/aromatic N) is 2. The molecular formula is C34H37N4O8P. The van der Waals surface area contributed by atoms with Crippen molar-refractivity contribution in [3.63, 3.8) is 0 Å². The molecule has 4 atom stereocenters. The lowest BCUT2D eigenvalue weighted by Crippen LogP contribution is -2.38. The molecule has 1 aliphatic heterocycles. The van der Waals surface area contributed by atoms with E-state index in [0.717, 1.165) is 16.7 Å². The van der Waals surface area contributed by atoms with E-state index in [1.807, 2.05) is 84.9 Å². The van der Waals surface area contributed by atoms with Crippen LogP contribution >= 0.6 is 8.53 Å². The Bertz CT molecular complexity index is 1730. The molecule has 1 fully saturated rings. The quantitative estimate of drug-likeness (QED) is 0.101. The Kier molecular flexibility index (Phi) is 11.2. The average molecular weight is 661 g/mol. The van der Waals surface area contributed by atoms with Crippen molar-refractivity contribution in [3.8, 4) is 17.6 Å². The van der Waals surface area contributed by atoms with E-state index in [0.29, 0.717) is 17.1 Å².